The minimum Gasteiger partial charge on any atom is -0.360 e. The molecule has 28 heavy (non-hydrogen) atoms. The summed E-state index contributed by atoms with van der Waals surface area (Å²) in [5.41, 5.74) is 4.39. The first-order chi connectivity index (χ1) is 13.7. The first kappa shape index (κ1) is 18.4. The van der Waals surface area contributed by atoms with Crippen LogP contribution in [0.25, 0.3) is 11.3 Å². The molecule has 0 spiro atoms. The van der Waals surface area contributed by atoms with E-state index in [9.17, 15) is 4.79 Å². The van der Waals surface area contributed by atoms with Crippen molar-refractivity contribution in [3.05, 3.63) is 77.0 Å². The van der Waals surface area contributed by atoms with Gasteiger partial charge in [-0.1, -0.05) is 59.8 Å². The highest BCUT2D eigenvalue weighted by molar-refractivity contribution is 6.00. The second-order valence-corrected chi connectivity index (χ2v) is 7.26. The van der Waals surface area contributed by atoms with Crippen molar-refractivity contribution >= 4 is 5.91 Å². The SMILES string of the molecule is Cc1onc(-c2ccccc2)c1C(=O)NCc1ccccc1CN1CCCC1. The van der Waals surface area contributed by atoms with Gasteiger partial charge in [0, 0.05) is 18.7 Å². The van der Waals surface area contributed by atoms with Crippen molar-refractivity contribution in [1.29, 1.82) is 0 Å². The number of amides is 1. The number of benzene rings is 2. The van der Waals surface area contributed by atoms with Gasteiger partial charge in [0.2, 0.25) is 0 Å². The van der Waals surface area contributed by atoms with E-state index in [-0.39, 0.29) is 5.91 Å². The Hall–Kier alpha value is -2.92. The van der Waals surface area contributed by atoms with Crippen molar-refractivity contribution in [3.63, 3.8) is 0 Å². The maximum atomic E-state index is 12.9. The van der Waals surface area contributed by atoms with Crippen LogP contribution in [0.1, 0.15) is 40.1 Å². The molecule has 1 amide bonds. The predicted molar refractivity (Wildman–Crippen MR) is 109 cm³/mol. The van der Waals surface area contributed by atoms with E-state index in [1.54, 1.807) is 6.92 Å². The molecule has 0 saturated carbocycles. The third-order valence-corrected chi connectivity index (χ3v) is 5.29. The lowest BCUT2D eigenvalue weighted by atomic mass is 10.0. The average Bonchev–Trinajstić information content (AvgIpc) is 3.37. The number of hydrogen-bond donors (Lipinski definition) is 1. The molecule has 1 aliphatic heterocycles. The quantitative estimate of drug-likeness (QED) is 0.702. The number of aryl methyl sites for hydroxylation is 1. The van der Waals surface area contributed by atoms with E-state index < -0.39 is 0 Å². The van der Waals surface area contributed by atoms with Gasteiger partial charge in [0.25, 0.3) is 5.91 Å². The number of carbonyl (C=O) groups is 1. The fraction of sp³-hybridized carbons (Fsp3) is 0.304. The lowest BCUT2D eigenvalue weighted by Crippen LogP contribution is -2.25. The Morgan fingerprint density at radius 1 is 1.04 bits per heavy atom. The Morgan fingerprint density at radius 3 is 2.46 bits per heavy atom. The largest absolute Gasteiger partial charge is 0.360 e. The minimum absolute atomic E-state index is 0.159. The molecule has 1 fully saturated rings. The smallest absolute Gasteiger partial charge is 0.257 e. The second-order valence-electron chi connectivity index (χ2n) is 7.26. The summed E-state index contributed by atoms with van der Waals surface area (Å²) >= 11 is 0. The molecule has 1 aromatic heterocycles. The van der Waals surface area contributed by atoms with Crippen LogP contribution in [-0.2, 0) is 13.1 Å². The normalized spacial score (nSPS) is 14.3. The number of carbonyl (C=O) groups excluding carboxylic acids is 1. The van der Waals surface area contributed by atoms with Crippen LogP contribution in [0.4, 0.5) is 0 Å². The first-order valence-corrected chi connectivity index (χ1v) is 9.81. The fourth-order valence-electron chi connectivity index (χ4n) is 3.76. The van der Waals surface area contributed by atoms with Gasteiger partial charge in [-0.2, -0.15) is 0 Å². The zero-order valence-corrected chi connectivity index (χ0v) is 16.1. The molecule has 2 aromatic carbocycles. The molecule has 5 heteroatoms. The predicted octanol–water partition coefficient (Wildman–Crippen LogP) is 4.18. The highest BCUT2D eigenvalue weighted by atomic mass is 16.5. The van der Waals surface area contributed by atoms with E-state index in [0.29, 0.717) is 23.6 Å². The molecular formula is C23H25N3O2. The van der Waals surface area contributed by atoms with Crippen molar-refractivity contribution in [3.8, 4) is 11.3 Å². The third-order valence-electron chi connectivity index (χ3n) is 5.29. The Morgan fingerprint density at radius 2 is 1.71 bits per heavy atom. The molecule has 3 aromatic rings. The number of hydrogen-bond acceptors (Lipinski definition) is 4. The van der Waals surface area contributed by atoms with Crippen molar-refractivity contribution in [2.45, 2.75) is 32.9 Å². The fourth-order valence-corrected chi connectivity index (χ4v) is 3.76. The molecule has 0 unspecified atom stereocenters. The van der Waals surface area contributed by atoms with E-state index in [1.165, 1.54) is 18.4 Å². The lowest BCUT2D eigenvalue weighted by Gasteiger charge is -2.17. The van der Waals surface area contributed by atoms with E-state index in [2.05, 4.69) is 33.6 Å². The van der Waals surface area contributed by atoms with Crippen LogP contribution >= 0.6 is 0 Å². The van der Waals surface area contributed by atoms with Gasteiger partial charge in [-0.15, -0.1) is 0 Å². The van der Waals surface area contributed by atoms with Crippen LogP contribution in [0.5, 0.6) is 0 Å². The average molecular weight is 375 g/mol. The van der Waals surface area contributed by atoms with Crippen LogP contribution in [0, 0.1) is 6.92 Å². The van der Waals surface area contributed by atoms with Crippen LogP contribution in [0.15, 0.2) is 59.1 Å². The summed E-state index contributed by atoms with van der Waals surface area (Å²) in [6, 6.07) is 18.0. The molecule has 0 atom stereocenters. The zero-order chi connectivity index (χ0) is 19.3. The van der Waals surface area contributed by atoms with E-state index in [0.717, 1.165) is 30.8 Å². The maximum Gasteiger partial charge on any atom is 0.257 e. The lowest BCUT2D eigenvalue weighted by molar-refractivity contribution is 0.0950. The highest BCUT2D eigenvalue weighted by Crippen LogP contribution is 2.25. The van der Waals surface area contributed by atoms with Gasteiger partial charge >= 0.3 is 0 Å². The molecule has 2 heterocycles. The molecule has 0 bridgehead atoms. The second kappa shape index (κ2) is 8.40. The molecule has 0 radical (unpaired) electrons. The minimum atomic E-state index is -0.159. The summed E-state index contributed by atoms with van der Waals surface area (Å²) < 4.78 is 5.32. The van der Waals surface area contributed by atoms with E-state index in [4.69, 9.17) is 4.52 Å². The molecule has 1 N–H and O–H groups in total. The number of nitrogens with one attached hydrogen (secondary N) is 1. The standard InChI is InChI=1S/C23H25N3O2/c1-17-21(22(25-28-17)18-9-3-2-4-10-18)23(27)24-15-19-11-5-6-12-20(19)16-26-13-7-8-14-26/h2-6,9-12H,7-8,13-16H2,1H3,(H,24,27). The highest BCUT2D eigenvalue weighted by Gasteiger charge is 2.21. The van der Waals surface area contributed by atoms with Crippen LogP contribution < -0.4 is 5.32 Å². The van der Waals surface area contributed by atoms with Crippen molar-refractivity contribution in [2.24, 2.45) is 0 Å². The molecule has 1 saturated heterocycles. The topological polar surface area (TPSA) is 58.4 Å². The summed E-state index contributed by atoms with van der Waals surface area (Å²) in [7, 11) is 0. The maximum absolute atomic E-state index is 12.9. The monoisotopic (exact) mass is 375 g/mol. The van der Waals surface area contributed by atoms with Gasteiger partial charge in [0.1, 0.15) is 17.0 Å². The molecule has 5 nitrogen and oxygen atoms in total. The van der Waals surface area contributed by atoms with Gasteiger partial charge in [-0.3, -0.25) is 9.69 Å². The Bertz CT molecular complexity index is 943. The molecule has 144 valence electrons. The zero-order valence-electron chi connectivity index (χ0n) is 16.1. The van der Waals surface area contributed by atoms with Gasteiger partial charge in [-0.25, -0.2) is 0 Å². The van der Waals surface area contributed by atoms with Gasteiger partial charge in [-0.05, 0) is 44.0 Å². The van der Waals surface area contributed by atoms with Gasteiger partial charge < -0.3 is 9.84 Å². The summed E-state index contributed by atoms with van der Waals surface area (Å²) in [5.74, 6) is 0.371. The van der Waals surface area contributed by atoms with Gasteiger partial charge in [0.05, 0.1) is 0 Å². The Labute approximate surface area is 165 Å². The number of aromatic nitrogens is 1. The summed E-state index contributed by atoms with van der Waals surface area (Å²) in [6.07, 6.45) is 2.54. The van der Waals surface area contributed by atoms with Crippen molar-refractivity contribution in [1.82, 2.24) is 15.4 Å². The van der Waals surface area contributed by atoms with Crippen molar-refractivity contribution in [2.75, 3.05) is 13.1 Å². The number of likely N-dealkylation sites (tertiary alicyclic amines) is 1. The van der Waals surface area contributed by atoms with E-state index >= 15 is 0 Å². The van der Waals surface area contributed by atoms with Crippen LogP contribution in [0.2, 0.25) is 0 Å². The summed E-state index contributed by atoms with van der Waals surface area (Å²) in [5, 5.41) is 7.17. The Kier molecular flexibility index (Phi) is 5.53. The molecule has 4 rings (SSSR count). The van der Waals surface area contributed by atoms with Crippen LogP contribution in [-0.4, -0.2) is 29.1 Å². The number of rotatable bonds is 6. The van der Waals surface area contributed by atoms with Crippen LogP contribution in [0.3, 0.4) is 0 Å². The summed E-state index contributed by atoms with van der Waals surface area (Å²) in [4.78, 5) is 15.4. The summed E-state index contributed by atoms with van der Waals surface area (Å²) in [6.45, 7) is 5.51. The molecule has 1 aliphatic rings. The van der Waals surface area contributed by atoms with E-state index in [1.807, 2.05) is 36.4 Å². The third kappa shape index (κ3) is 3.99. The Balaban J connectivity index is 1.49. The molecular weight excluding hydrogens is 350 g/mol. The van der Waals surface area contributed by atoms with Gasteiger partial charge in [0.15, 0.2) is 0 Å². The molecule has 0 aliphatic carbocycles. The van der Waals surface area contributed by atoms with Crippen molar-refractivity contribution < 1.29 is 9.32 Å². The number of nitrogens with zero attached hydrogens (tertiary/aromatic N) is 2. The first-order valence-electron chi connectivity index (χ1n) is 9.81.